The first-order valence-corrected chi connectivity index (χ1v) is 13.0. The van der Waals surface area contributed by atoms with Gasteiger partial charge in [0.05, 0.1) is 16.1 Å². The van der Waals surface area contributed by atoms with Gasteiger partial charge in [-0.1, -0.05) is 38.3 Å². The molecule has 0 aromatic rings. The molecule has 0 bridgehead atoms. The molecule has 2 aliphatic heterocycles. The van der Waals surface area contributed by atoms with Gasteiger partial charge in [-0.25, -0.2) is 0 Å². The Kier molecular flexibility index (Phi) is 1.77. The van der Waals surface area contributed by atoms with Gasteiger partial charge in [0.1, 0.15) is 0 Å². The van der Waals surface area contributed by atoms with Gasteiger partial charge < -0.3 is 0 Å². The van der Waals surface area contributed by atoms with Crippen LogP contribution in [-0.2, 0) is 0 Å². The fourth-order valence-corrected chi connectivity index (χ4v) is 13.3. The molecule has 0 amide bonds. The summed E-state index contributed by atoms with van der Waals surface area (Å²) < 4.78 is 0. The fraction of sp³-hybridized carbons (Fsp3) is 1.00. The molecule has 0 nitrogen and oxygen atoms in total. The molecular formula is C12H24Si2. The molecule has 0 radical (unpaired) electrons. The van der Waals surface area contributed by atoms with Crippen molar-refractivity contribution in [1.82, 2.24) is 0 Å². The molecule has 1 saturated carbocycles. The maximum absolute atomic E-state index is 2.63. The summed E-state index contributed by atoms with van der Waals surface area (Å²) in [5.74, 6) is 2.40. The molecule has 4 atom stereocenters. The predicted molar refractivity (Wildman–Crippen MR) is 68.3 cm³/mol. The number of rotatable bonds is 0. The topological polar surface area (TPSA) is 0 Å². The largest absolute Gasteiger partial charge is 0.0691 e. The first-order valence-electron chi connectivity index (χ1n) is 6.40. The number of fused-ring (bicyclic) bond motifs is 2. The van der Waals surface area contributed by atoms with E-state index in [0.29, 0.717) is 0 Å². The standard InChI is InChI=1S/C12H24Si2/c1-13(2)7-9-6-12-10(5-11(9)13)8-14(12,3)4/h9-12H,5-8H2,1-4H3. The third-order valence-electron chi connectivity index (χ3n) is 5.84. The van der Waals surface area contributed by atoms with Crippen LogP contribution in [0.3, 0.4) is 0 Å². The van der Waals surface area contributed by atoms with Crippen LogP contribution in [0.4, 0.5) is 0 Å². The van der Waals surface area contributed by atoms with E-state index in [1.165, 1.54) is 22.9 Å². The zero-order valence-corrected chi connectivity index (χ0v) is 12.1. The number of hydrogen-bond acceptors (Lipinski definition) is 0. The van der Waals surface area contributed by atoms with Gasteiger partial charge in [-0.3, -0.25) is 0 Å². The lowest BCUT2D eigenvalue weighted by Gasteiger charge is -2.64. The molecule has 4 unspecified atom stereocenters. The Morgan fingerprint density at radius 3 is 1.36 bits per heavy atom. The minimum atomic E-state index is -0.681. The van der Waals surface area contributed by atoms with Crippen LogP contribution in [0.2, 0.25) is 49.4 Å². The summed E-state index contributed by atoms with van der Waals surface area (Å²) in [4.78, 5) is 0. The molecule has 2 heterocycles. The maximum atomic E-state index is 2.63. The smallest absolute Gasteiger partial charge is 0.0510 e. The van der Waals surface area contributed by atoms with Crippen molar-refractivity contribution >= 4 is 16.1 Å². The van der Waals surface area contributed by atoms with Crippen molar-refractivity contribution in [3.63, 3.8) is 0 Å². The van der Waals surface area contributed by atoms with E-state index in [1.54, 1.807) is 24.9 Å². The molecule has 80 valence electrons. The van der Waals surface area contributed by atoms with Crippen molar-refractivity contribution in [3.8, 4) is 0 Å². The van der Waals surface area contributed by atoms with E-state index in [1.807, 2.05) is 0 Å². The van der Waals surface area contributed by atoms with Crippen LogP contribution in [0.1, 0.15) is 12.8 Å². The van der Waals surface area contributed by atoms with Crippen molar-refractivity contribution in [2.75, 3.05) is 0 Å². The lowest BCUT2D eigenvalue weighted by molar-refractivity contribution is 0.233. The highest BCUT2D eigenvalue weighted by molar-refractivity contribution is 6.83. The molecule has 2 heteroatoms. The molecule has 3 fully saturated rings. The quantitative estimate of drug-likeness (QED) is 0.541. The summed E-state index contributed by atoms with van der Waals surface area (Å²) >= 11 is 0. The summed E-state index contributed by atoms with van der Waals surface area (Å²) in [7, 11) is -1.36. The molecule has 0 spiro atoms. The molecule has 0 N–H and O–H groups in total. The van der Waals surface area contributed by atoms with Gasteiger partial charge in [-0.05, 0) is 35.8 Å². The minimum absolute atomic E-state index is 0.681. The summed E-state index contributed by atoms with van der Waals surface area (Å²) in [6.07, 6.45) is 3.32. The summed E-state index contributed by atoms with van der Waals surface area (Å²) in [5.41, 5.74) is 2.49. The average molecular weight is 224 g/mol. The predicted octanol–water partition coefficient (Wildman–Crippen LogP) is 4.20. The van der Waals surface area contributed by atoms with Gasteiger partial charge >= 0.3 is 0 Å². The molecule has 1 aliphatic carbocycles. The van der Waals surface area contributed by atoms with Gasteiger partial charge in [0.25, 0.3) is 0 Å². The van der Waals surface area contributed by atoms with E-state index in [0.717, 1.165) is 0 Å². The zero-order valence-electron chi connectivity index (χ0n) is 10.1. The Morgan fingerprint density at radius 2 is 1.07 bits per heavy atom. The van der Waals surface area contributed by atoms with Crippen LogP contribution in [0.25, 0.3) is 0 Å². The van der Waals surface area contributed by atoms with Crippen LogP contribution in [0.15, 0.2) is 0 Å². The highest BCUT2D eigenvalue weighted by atomic mass is 28.3. The normalized spacial score (nSPS) is 52.3. The monoisotopic (exact) mass is 224 g/mol. The van der Waals surface area contributed by atoms with Gasteiger partial charge in [0.2, 0.25) is 0 Å². The second-order valence-corrected chi connectivity index (χ2v) is 17.8. The fourth-order valence-electron chi connectivity index (χ4n) is 5.06. The van der Waals surface area contributed by atoms with E-state index in [4.69, 9.17) is 0 Å². The lowest BCUT2D eigenvalue weighted by atomic mass is 9.80. The van der Waals surface area contributed by atoms with Crippen LogP contribution >= 0.6 is 0 Å². The van der Waals surface area contributed by atoms with Crippen LogP contribution in [-0.4, -0.2) is 16.1 Å². The van der Waals surface area contributed by atoms with E-state index in [9.17, 15) is 0 Å². The Labute approximate surface area is 90.5 Å². The summed E-state index contributed by atoms with van der Waals surface area (Å²) in [6, 6.07) is 3.34. The third kappa shape index (κ3) is 1.10. The molecule has 14 heavy (non-hydrogen) atoms. The summed E-state index contributed by atoms with van der Waals surface area (Å²) in [5, 5.41) is 0. The minimum Gasteiger partial charge on any atom is -0.0691 e. The van der Waals surface area contributed by atoms with E-state index in [-0.39, 0.29) is 0 Å². The first-order chi connectivity index (χ1) is 6.40. The van der Waals surface area contributed by atoms with Gasteiger partial charge in [0, 0.05) is 0 Å². The highest BCUT2D eigenvalue weighted by Crippen LogP contribution is 2.67. The summed E-state index contributed by atoms with van der Waals surface area (Å²) in [6.45, 7) is 10.5. The Morgan fingerprint density at radius 1 is 0.714 bits per heavy atom. The second-order valence-electron chi connectivity index (χ2n) is 7.59. The lowest BCUT2D eigenvalue weighted by Crippen LogP contribution is -2.60. The number of hydrogen-bond donors (Lipinski definition) is 0. The van der Waals surface area contributed by atoms with Crippen molar-refractivity contribution < 1.29 is 0 Å². The molecule has 0 aromatic heterocycles. The SMILES string of the molecule is C[Si]1(C)CC2CC3C(CC21)C[Si]3(C)C. The van der Waals surface area contributed by atoms with E-state index in [2.05, 4.69) is 26.2 Å². The van der Waals surface area contributed by atoms with Crippen molar-refractivity contribution in [2.45, 2.75) is 62.2 Å². The second kappa shape index (κ2) is 2.57. The third-order valence-corrected chi connectivity index (χ3v) is 14.4. The van der Waals surface area contributed by atoms with Crippen molar-refractivity contribution in [3.05, 3.63) is 0 Å². The highest BCUT2D eigenvalue weighted by Gasteiger charge is 2.60. The van der Waals surface area contributed by atoms with Crippen LogP contribution in [0, 0.1) is 11.8 Å². The Bertz CT molecular complexity index is 241. The maximum Gasteiger partial charge on any atom is 0.0510 e. The average Bonchev–Trinajstić information content (AvgIpc) is 2.05. The van der Waals surface area contributed by atoms with Crippen molar-refractivity contribution in [1.29, 1.82) is 0 Å². The van der Waals surface area contributed by atoms with Crippen LogP contribution in [0.5, 0.6) is 0 Å². The Hall–Kier alpha value is 0.434. The van der Waals surface area contributed by atoms with Gasteiger partial charge in [-0.2, -0.15) is 0 Å². The molecule has 3 aliphatic rings. The van der Waals surface area contributed by atoms with Crippen LogP contribution < -0.4 is 0 Å². The van der Waals surface area contributed by atoms with E-state index >= 15 is 0 Å². The molecular weight excluding hydrogens is 200 g/mol. The van der Waals surface area contributed by atoms with Crippen molar-refractivity contribution in [2.24, 2.45) is 11.8 Å². The Balaban J connectivity index is 1.74. The molecule has 3 rings (SSSR count). The van der Waals surface area contributed by atoms with Gasteiger partial charge in [-0.15, -0.1) is 0 Å². The molecule has 0 aromatic carbocycles. The zero-order chi connectivity index (χ0) is 10.1. The van der Waals surface area contributed by atoms with E-state index < -0.39 is 16.1 Å². The first kappa shape index (κ1) is 9.64. The molecule has 2 saturated heterocycles. The van der Waals surface area contributed by atoms with Gasteiger partial charge in [0.15, 0.2) is 0 Å².